The first-order valence-corrected chi connectivity index (χ1v) is 10.00. The van der Waals surface area contributed by atoms with E-state index >= 15 is 0 Å². The molecule has 1 saturated heterocycles. The second-order valence-corrected chi connectivity index (χ2v) is 8.13. The van der Waals surface area contributed by atoms with Gasteiger partial charge in [-0.3, -0.25) is 9.69 Å². The number of rotatable bonds is 4. The number of carbonyl (C=O) groups is 1. The van der Waals surface area contributed by atoms with Crippen LogP contribution in [-0.2, 0) is 0 Å². The fourth-order valence-corrected chi connectivity index (χ4v) is 4.42. The van der Waals surface area contributed by atoms with E-state index in [0.717, 1.165) is 21.8 Å². The first-order chi connectivity index (χ1) is 13.0. The van der Waals surface area contributed by atoms with Gasteiger partial charge < -0.3 is 14.4 Å². The molecule has 0 spiro atoms. The maximum absolute atomic E-state index is 12.8. The quantitative estimate of drug-likeness (QED) is 0.747. The minimum atomic E-state index is -0.365. The van der Waals surface area contributed by atoms with Crippen LogP contribution in [0.5, 0.6) is 0 Å². The summed E-state index contributed by atoms with van der Waals surface area (Å²) in [6.45, 7) is 6.51. The average molecular weight is 385 g/mol. The number of furan rings is 1. The normalized spacial score (nSPS) is 19.5. The summed E-state index contributed by atoms with van der Waals surface area (Å²) in [5.41, 5.74) is 0.935. The molecule has 3 heterocycles. The Hall–Kier alpha value is -2.22. The maximum atomic E-state index is 12.8. The molecule has 1 aromatic carbocycles. The molecule has 142 valence electrons. The van der Waals surface area contributed by atoms with Gasteiger partial charge in [-0.2, -0.15) is 0 Å². The number of amides is 1. The van der Waals surface area contributed by atoms with Crippen molar-refractivity contribution in [2.45, 2.75) is 26.0 Å². The first-order valence-electron chi connectivity index (χ1n) is 9.18. The first kappa shape index (κ1) is 18.2. The molecule has 2 unspecified atom stereocenters. The van der Waals surface area contributed by atoms with Gasteiger partial charge in [0.2, 0.25) is 0 Å². The number of benzene rings is 1. The molecule has 1 aliphatic heterocycles. The molecular weight excluding hydrogens is 362 g/mol. The van der Waals surface area contributed by atoms with E-state index in [2.05, 4.69) is 16.8 Å². The Kier molecular flexibility index (Phi) is 4.99. The van der Waals surface area contributed by atoms with Crippen molar-refractivity contribution < 1.29 is 14.3 Å². The Bertz CT molecular complexity index is 916. The largest absolute Gasteiger partial charge is 0.448 e. The number of hydrogen-bond donors (Lipinski definition) is 1. The van der Waals surface area contributed by atoms with Crippen LogP contribution in [0.25, 0.3) is 21.0 Å². The van der Waals surface area contributed by atoms with Gasteiger partial charge in [0.1, 0.15) is 0 Å². The number of aromatic nitrogens is 1. The lowest BCUT2D eigenvalue weighted by Crippen LogP contribution is -2.54. The molecule has 1 fully saturated rings. The molecule has 7 heteroatoms. The summed E-state index contributed by atoms with van der Waals surface area (Å²) < 4.78 is 6.94. The number of aliphatic hydroxyl groups excluding tert-OH is 1. The summed E-state index contributed by atoms with van der Waals surface area (Å²) in [5, 5.41) is 10.4. The van der Waals surface area contributed by atoms with E-state index in [1.54, 1.807) is 24.3 Å². The number of nitrogens with zero attached hydrogens (tertiary/aromatic N) is 3. The molecule has 1 N–H and O–H groups in total. The third-order valence-electron chi connectivity index (χ3n) is 4.87. The second-order valence-electron chi connectivity index (χ2n) is 7.09. The molecule has 2 atom stereocenters. The van der Waals surface area contributed by atoms with Crippen molar-refractivity contribution in [1.82, 2.24) is 14.8 Å². The zero-order valence-corrected chi connectivity index (χ0v) is 16.3. The van der Waals surface area contributed by atoms with Crippen molar-refractivity contribution in [3.8, 4) is 10.8 Å². The Balaban J connectivity index is 1.47. The van der Waals surface area contributed by atoms with Gasteiger partial charge in [0, 0.05) is 32.2 Å². The van der Waals surface area contributed by atoms with Crippen LogP contribution in [-0.4, -0.2) is 64.1 Å². The van der Waals surface area contributed by atoms with Gasteiger partial charge >= 0.3 is 0 Å². The standard InChI is InChI=1S/C20H23N3O3S/c1-13-11-23(10-9-22(13)12-14(2)24)20(25)17-8-7-16(26-17)19-21-15-5-3-4-6-18(15)27-19/h3-8,13-14,24H,9-12H2,1-2H3. The fourth-order valence-electron chi connectivity index (χ4n) is 3.49. The molecule has 6 nitrogen and oxygen atoms in total. The SMILES string of the molecule is CC(O)CN1CCN(C(=O)c2ccc(-c3nc4ccccc4s3)o2)CC1C. The summed E-state index contributed by atoms with van der Waals surface area (Å²) in [4.78, 5) is 21.5. The Morgan fingerprint density at radius 1 is 1.33 bits per heavy atom. The van der Waals surface area contributed by atoms with Gasteiger partial charge in [0.25, 0.3) is 5.91 Å². The third-order valence-corrected chi connectivity index (χ3v) is 5.92. The smallest absolute Gasteiger partial charge is 0.289 e. The van der Waals surface area contributed by atoms with Crippen molar-refractivity contribution in [3.63, 3.8) is 0 Å². The summed E-state index contributed by atoms with van der Waals surface area (Å²) in [6, 6.07) is 11.7. The molecule has 1 amide bonds. The highest BCUT2D eigenvalue weighted by atomic mass is 32.1. The Morgan fingerprint density at radius 2 is 2.15 bits per heavy atom. The molecule has 3 aromatic rings. The zero-order valence-electron chi connectivity index (χ0n) is 15.5. The monoisotopic (exact) mass is 385 g/mol. The van der Waals surface area contributed by atoms with Crippen LogP contribution in [0.3, 0.4) is 0 Å². The summed E-state index contributed by atoms with van der Waals surface area (Å²) in [7, 11) is 0. The molecule has 27 heavy (non-hydrogen) atoms. The van der Waals surface area contributed by atoms with Crippen LogP contribution in [0, 0.1) is 0 Å². The lowest BCUT2D eigenvalue weighted by atomic mass is 10.1. The molecular formula is C20H23N3O3S. The van der Waals surface area contributed by atoms with Crippen LogP contribution < -0.4 is 0 Å². The molecule has 0 bridgehead atoms. The number of para-hydroxylation sites is 1. The minimum Gasteiger partial charge on any atom is -0.448 e. The number of β-amino-alcohol motifs (C(OH)–C–C–N with tert-alkyl or cyclic N) is 1. The van der Waals surface area contributed by atoms with Crippen molar-refractivity contribution in [3.05, 3.63) is 42.2 Å². The molecule has 4 rings (SSSR count). The minimum absolute atomic E-state index is 0.0918. The number of fused-ring (bicyclic) bond motifs is 1. The second kappa shape index (κ2) is 7.42. The lowest BCUT2D eigenvalue weighted by Gasteiger charge is -2.40. The van der Waals surface area contributed by atoms with Crippen LogP contribution in [0.4, 0.5) is 0 Å². The van der Waals surface area contributed by atoms with Gasteiger partial charge in [-0.1, -0.05) is 12.1 Å². The topological polar surface area (TPSA) is 69.8 Å². The summed E-state index contributed by atoms with van der Waals surface area (Å²) >= 11 is 1.56. The van der Waals surface area contributed by atoms with Crippen molar-refractivity contribution in [1.29, 1.82) is 0 Å². The number of carbonyl (C=O) groups excluding carboxylic acids is 1. The lowest BCUT2D eigenvalue weighted by molar-refractivity contribution is 0.0346. The maximum Gasteiger partial charge on any atom is 0.289 e. The zero-order chi connectivity index (χ0) is 19.0. The van der Waals surface area contributed by atoms with Gasteiger partial charge in [0.05, 0.1) is 16.3 Å². The highest BCUT2D eigenvalue weighted by Gasteiger charge is 2.29. The van der Waals surface area contributed by atoms with Crippen LogP contribution in [0.2, 0.25) is 0 Å². The number of hydrogen-bond acceptors (Lipinski definition) is 6. The van der Waals surface area contributed by atoms with Crippen LogP contribution >= 0.6 is 11.3 Å². The number of thiazole rings is 1. The third kappa shape index (κ3) is 3.76. The van der Waals surface area contributed by atoms with E-state index in [-0.39, 0.29) is 18.1 Å². The predicted molar refractivity (Wildman–Crippen MR) is 106 cm³/mol. The van der Waals surface area contributed by atoms with Gasteiger partial charge in [-0.25, -0.2) is 4.98 Å². The Morgan fingerprint density at radius 3 is 2.89 bits per heavy atom. The van der Waals surface area contributed by atoms with Crippen LogP contribution in [0.1, 0.15) is 24.4 Å². The average Bonchev–Trinajstić information content (AvgIpc) is 3.29. The van der Waals surface area contributed by atoms with E-state index in [9.17, 15) is 9.90 Å². The van der Waals surface area contributed by atoms with Gasteiger partial charge in [-0.05, 0) is 38.1 Å². The van der Waals surface area contributed by atoms with E-state index in [4.69, 9.17) is 4.42 Å². The van der Waals surface area contributed by atoms with E-state index < -0.39 is 0 Å². The van der Waals surface area contributed by atoms with Gasteiger partial charge in [0.15, 0.2) is 16.5 Å². The van der Waals surface area contributed by atoms with E-state index in [1.807, 2.05) is 35.2 Å². The molecule has 0 saturated carbocycles. The molecule has 0 aliphatic carbocycles. The van der Waals surface area contributed by atoms with E-state index in [1.165, 1.54) is 0 Å². The van der Waals surface area contributed by atoms with E-state index in [0.29, 0.717) is 31.2 Å². The van der Waals surface area contributed by atoms with Crippen LogP contribution in [0.15, 0.2) is 40.8 Å². The summed E-state index contributed by atoms with van der Waals surface area (Å²) in [6.07, 6.45) is -0.365. The molecule has 0 radical (unpaired) electrons. The van der Waals surface area contributed by atoms with Gasteiger partial charge in [-0.15, -0.1) is 11.3 Å². The summed E-state index contributed by atoms with van der Waals surface area (Å²) in [5.74, 6) is 0.881. The highest BCUT2D eigenvalue weighted by molar-refractivity contribution is 7.21. The Labute approximate surface area is 162 Å². The van der Waals surface area contributed by atoms with Crippen molar-refractivity contribution >= 4 is 27.5 Å². The number of aliphatic hydroxyl groups is 1. The molecule has 2 aromatic heterocycles. The fraction of sp³-hybridized carbons (Fsp3) is 0.400. The number of piperazine rings is 1. The molecule has 1 aliphatic rings. The highest BCUT2D eigenvalue weighted by Crippen LogP contribution is 2.31. The van der Waals surface area contributed by atoms with Crippen molar-refractivity contribution in [2.24, 2.45) is 0 Å². The van der Waals surface area contributed by atoms with Crippen molar-refractivity contribution in [2.75, 3.05) is 26.2 Å². The predicted octanol–water partition coefficient (Wildman–Crippen LogP) is 3.08.